The molecule has 1 aromatic heterocycles. The zero-order valence-electron chi connectivity index (χ0n) is 13.2. The van der Waals surface area contributed by atoms with Crippen LogP contribution >= 0.6 is 46.9 Å². The minimum Gasteiger partial charge on any atom is -0.356 e. The number of aromatic nitrogens is 1. The molecule has 0 radical (unpaired) electrons. The van der Waals surface area contributed by atoms with E-state index in [1.54, 1.807) is 7.05 Å². The standard InChI is InChI=1S/C15H16ClF3N4S.HI/c1-20-14(21-7-6-10-4-2-3-5-11(10)16)22-8-13-23-12(9-24-13)15(17,18)19;/h2-5,9H,6-8H2,1H3,(H2,20,21,22);1H. The first kappa shape index (κ1) is 22.0. The van der Waals surface area contributed by atoms with E-state index in [9.17, 15) is 13.2 Å². The third-order valence-corrected chi connectivity index (χ3v) is 4.34. The minimum absolute atomic E-state index is 0. The summed E-state index contributed by atoms with van der Waals surface area (Å²) in [5.41, 5.74) is 0.142. The van der Waals surface area contributed by atoms with Crippen LogP contribution in [0.15, 0.2) is 34.6 Å². The second-order valence-electron chi connectivity index (χ2n) is 4.82. The topological polar surface area (TPSA) is 49.3 Å². The molecule has 0 aliphatic heterocycles. The Bertz CT molecular complexity index is 706. The van der Waals surface area contributed by atoms with E-state index in [-0.39, 0.29) is 30.5 Å². The van der Waals surface area contributed by atoms with Crippen molar-refractivity contribution in [3.63, 3.8) is 0 Å². The van der Waals surface area contributed by atoms with E-state index in [1.165, 1.54) is 0 Å². The lowest BCUT2D eigenvalue weighted by molar-refractivity contribution is -0.140. The van der Waals surface area contributed by atoms with E-state index < -0.39 is 11.9 Å². The number of hydrogen-bond acceptors (Lipinski definition) is 3. The molecule has 2 rings (SSSR count). The molecule has 0 saturated carbocycles. The molecule has 0 bridgehead atoms. The number of guanidine groups is 1. The lowest BCUT2D eigenvalue weighted by Gasteiger charge is -2.11. The van der Waals surface area contributed by atoms with Gasteiger partial charge in [0.1, 0.15) is 5.01 Å². The largest absolute Gasteiger partial charge is 0.434 e. The summed E-state index contributed by atoms with van der Waals surface area (Å²) in [4.78, 5) is 7.59. The van der Waals surface area contributed by atoms with Crippen molar-refractivity contribution in [3.8, 4) is 0 Å². The molecular formula is C15H17ClF3IN4S. The van der Waals surface area contributed by atoms with Crippen LogP contribution in [0.3, 0.4) is 0 Å². The van der Waals surface area contributed by atoms with Gasteiger partial charge in [-0.15, -0.1) is 35.3 Å². The first-order valence-electron chi connectivity index (χ1n) is 7.09. The van der Waals surface area contributed by atoms with Crippen LogP contribution < -0.4 is 10.6 Å². The summed E-state index contributed by atoms with van der Waals surface area (Å²) in [5, 5.41) is 8.07. The van der Waals surface area contributed by atoms with E-state index in [2.05, 4.69) is 20.6 Å². The summed E-state index contributed by atoms with van der Waals surface area (Å²) < 4.78 is 37.5. The van der Waals surface area contributed by atoms with E-state index in [0.717, 1.165) is 22.3 Å². The van der Waals surface area contributed by atoms with Crippen molar-refractivity contribution in [2.24, 2.45) is 4.99 Å². The average Bonchev–Trinajstić information content (AvgIpc) is 3.01. The number of nitrogens with one attached hydrogen (secondary N) is 2. The summed E-state index contributed by atoms with van der Waals surface area (Å²) in [6, 6.07) is 7.54. The molecule has 25 heavy (non-hydrogen) atoms. The Labute approximate surface area is 169 Å². The van der Waals surface area contributed by atoms with E-state index in [4.69, 9.17) is 11.6 Å². The molecule has 4 nitrogen and oxygen atoms in total. The van der Waals surface area contributed by atoms with Crippen LogP contribution in [0.4, 0.5) is 13.2 Å². The van der Waals surface area contributed by atoms with Crippen molar-refractivity contribution in [1.29, 1.82) is 0 Å². The number of alkyl halides is 3. The Morgan fingerprint density at radius 1 is 1.28 bits per heavy atom. The third-order valence-electron chi connectivity index (χ3n) is 3.12. The number of halogens is 5. The van der Waals surface area contributed by atoms with Crippen LogP contribution in [-0.4, -0.2) is 24.5 Å². The Balaban J connectivity index is 0.00000312. The molecule has 1 heterocycles. The molecule has 0 saturated heterocycles. The van der Waals surface area contributed by atoms with Gasteiger partial charge in [0.25, 0.3) is 0 Å². The van der Waals surface area contributed by atoms with Gasteiger partial charge in [0.2, 0.25) is 0 Å². The summed E-state index contributed by atoms with van der Waals surface area (Å²) in [7, 11) is 1.59. The van der Waals surface area contributed by atoms with Gasteiger partial charge < -0.3 is 10.6 Å². The summed E-state index contributed by atoms with van der Waals surface area (Å²) in [5.74, 6) is 0.491. The number of aliphatic imine (C=N–C) groups is 1. The van der Waals surface area contributed by atoms with Crippen molar-refractivity contribution in [3.05, 3.63) is 50.9 Å². The third kappa shape index (κ3) is 6.98. The maximum absolute atomic E-state index is 12.5. The fourth-order valence-electron chi connectivity index (χ4n) is 1.92. The van der Waals surface area contributed by atoms with Gasteiger partial charge in [-0.25, -0.2) is 4.98 Å². The lowest BCUT2D eigenvalue weighted by atomic mass is 10.1. The Kier molecular flexibility index (Phi) is 8.94. The van der Waals surface area contributed by atoms with Crippen LogP contribution in [0.2, 0.25) is 5.02 Å². The Hall–Kier alpha value is -1.07. The molecule has 138 valence electrons. The zero-order chi connectivity index (χ0) is 17.6. The number of benzene rings is 1. The van der Waals surface area contributed by atoms with Crippen LogP contribution in [0.25, 0.3) is 0 Å². The Morgan fingerprint density at radius 3 is 2.60 bits per heavy atom. The molecular weight excluding hydrogens is 488 g/mol. The minimum atomic E-state index is -4.41. The summed E-state index contributed by atoms with van der Waals surface area (Å²) in [6.45, 7) is 0.765. The van der Waals surface area contributed by atoms with Crippen molar-refractivity contribution in [2.75, 3.05) is 13.6 Å². The predicted molar refractivity (Wildman–Crippen MR) is 106 cm³/mol. The van der Waals surface area contributed by atoms with Crippen molar-refractivity contribution >= 4 is 52.9 Å². The summed E-state index contributed by atoms with van der Waals surface area (Å²) in [6.07, 6.45) is -3.71. The fourth-order valence-corrected chi connectivity index (χ4v) is 2.89. The van der Waals surface area contributed by atoms with E-state index in [1.807, 2.05) is 24.3 Å². The number of thiazole rings is 1. The molecule has 0 amide bonds. The second kappa shape index (κ2) is 10.2. The van der Waals surface area contributed by atoms with Crippen molar-refractivity contribution < 1.29 is 13.2 Å². The van der Waals surface area contributed by atoms with Crippen molar-refractivity contribution in [2.45, 2.75) is 19.1 Å². The van der Waals surface area contributed by atoms with Gasteiger partial charge in [0.15, 0.2) is 11.7 Å². The number of hydrogen-bond donors (Lipinski definition) is 2. The maximum atomic E-state index is 12.5. The second-order valence-corrected chi connectivity index (χ2v) is 6.17. The molecule has 2 N–H and O–H groups in total. The van der Waals surface area contributed by atoms with Gasteiger partial charge in [-0.1, -0.05) is 29.8 Å². The molecule has 0 unspecified atom stereocenters. The van der Waals surface area contributed by atoms with Gasteiger partial charge in [-0.05, 0) is 18.1 Å². The lowest BCUT2D eigenvalue weighted by Crippen LogP contribution is -2.37. The quantitative estimate of drug-likeness (QED) is 0.362. The number of nitrogens with zero attached hydrogens (tertiary/aromatic N) is 2. The number of rotatable bonds is 5. The molecule has 0 spiro atoms. The fraction of sp³-hybridized carbons (Fsp3) is 0.333. The van der Waals surface area contributed by atoms with E-state index >= 15 is 0 Å². The van der Waals surface area contributed by atoms with Crippen LogP contribution in [0.5, 0.6) is 0 Å². The Morgan fingerprint density at radius 2 is 2.00 bits per heavy atom. The normalized spacial score (nSPS) is 11.8. The molecule has 0 aliphatic carbocycles. The van der Waals surface area contributed by atoms with Gasteiger partial charge in [0, 0.05) is 24.0 Å². The SMILES string of the molecule is CN=C(NCCc1ccccc1Cl)NCc1nc(C(F)(F)F)cs1.I. The molecule has 0 aliphatic rings. The molecule has 0 fully saturated rings. The highest BCUT2D eigenvalue weighted by Gasteiger charge is 2.33. The van der Waals surface area contributed by atoms with Crippen LogP contribution in [0.1, 0.15) is 16.3 Å². The van der Waals surface area contributed by atoms with E-state index in [0.29, 0.717) is 29.0 Å². The zero-order valence-corrected chi connectivity index (χ0v) is 17.1. The van der Waals surface area contributed by atoms with Gasteiger partial charge in [0.05, 0.1) is 6.54 Å². The molecule has 10 heteroatoms. The van der Waals surface area contributed by atoms with Crippen LogP contribution in [0, 0.1) is 0 Å². The van der Waals surface area contributed by atoms with Gasteiger partial charge in [-0.3, -0.25) is 4.99 Å². The van der Waals surface area contributed by atoms with Crippen molar-refractivity contribution in [1.82, 2.24) is 15.6 Å². The first-order chi connectivity index (χ1) is 11.4. The summed E-state index contributed by atoms with van der Waals surface area (Å²) >= 11 is 7.04. The maximum Gasteiger partial charge on any atom is 0.434 e. The smallest absolute Gasteiger partial charge is 0.356 e. The highest BCUT2D eigenvalue weighted by atomic mass is 127. The molecule has 2 aromatic rings. The highest BCUT2D eigenvalue weighted by Crippen LogP contribution is 2.29. The monoisotopic (exact) mass is 504 g/mol. The first-order valence-corrected chi connectivity index (χ1v) is 8.35. The molecule has 1 aromatic carbocycles. The van der Waals surface area contributed by atoms with Gasteiger partial charge in [-0.2, -0.15) is 13.2 Å². The molecule has 0 atom stereocenters. The average molecular weight is 505 g/mol. The highest BCUT2D eigenvalue weighted by molar-refractivity contribution is 14.0. The van der Waals surface area contributed by atoms with Crippen LogP contribution in [-0.2, 0) is 19.1 Å². The van der Waals surface area contributed by atoms with Gasteiger partial charge >= 0.3 is 6.18 Å². The predicted octanol–water partition coefficient (Wildman–Crippen LogP) is 4.34.